The third kappa shape index (κ3) is 3.51. The number of nitrogens with zero attached hydrogens (tertiary/aromatic N) is 2. The van der Waals surface area contributed by atoms with Crippen LogP contribution in [-0.4, -0.2) is 23.6 Å². The quantitative estimate of drug-likeness (QED) is 0.879. The van der Waals surface area contributed by atoms with Gasteiger partial charge in [-0.2, -0.15) is 4.98 Å². The number of hydrogen-bond donors (Lipinski definition) is 1. The van der Waals surface area contributed by atoms with Crippen molar-refractivity contribution in [2.24, 2.45) is 0 Å². The van der Waals surface area contributed by atoms with Crippen molar-refractivity contribution in [3.05, 3.63) is 35.5 Å². The van der Waals surface area contributed by atoms with Gasteiger partial charge in [0.2, 0.25) is 11.8 Å². The monoisotopic (exact) mass is 293 g/mol. The second-order valence-electron chi connectivity index (χ2n) is 4.03. The van der Waals surface area contributed by atoms with Crippen LogP contribution in [0.1, 0.15) is 13.3 Å². The van der Waals surface area contributed by atoms with Crippen LogP contribution in [-0.2, 0) is 0 Å². The van der Waals surface area contributed by atoms with Crippen LogP contribution in [0.3, 0.4) is 0 Å². The van der Waals surface area contributed by atoms with Crippen molar-refractivity contribution in [3.8, 4) is 17.4 Å². The number of aromatic nitrogens is 2. The molecule has 6 heteroatoms. The highest BCUT2D eigenvalue weighted by Crippen LogP contribution is 2.33. The molecule has 0 saturated carbocycles. The molecule has 1 aromatic carbocycles. The molecule has 0 aliphatic carbocycles. The number of benzene rings is 1. The van der Waals surface area contributed by atoms with Crippen molar-refractivity contribution in [3.63, 3.8) is 0 Å². The second-order valence-corrected chi connectivity index (χ2v) is 4.43. The molecule has 1 aromatic heterocycles. The van der Waals surface area contributed by atoms with Crippen LogP contribution in [0, 0.1) is 0 Å². The van der Waals surface area contributed by atoms with Crippen LogP contribution < -0.4 is 14.8 Å². The number of hydrogen-bond acceptors (Lipinski definition) is 5. The first-order valence-electron chi connectivity index (χ1n) is 6.32. The molecule has 0 radical (unpaired) electrons. The zero-order valence-electron chi connectivity index (χ0n) is 11.4. The Morgan fingerprint density at radius 1 is 1.25 bits per heavy atom. The molecule has 0 aliphatic heterocycles. The zero-order chi connectivity index (χ0) is 14.4. The first-order valence-corrected chi connectivity index (χ1v) is 6.69. The van der Waals surface area contributed by atoms with Gasteiger partial charge in [0.1, 0.15) is 5.02 Å². The van der Waals surface area contributed by atoms with Gasteiger partial charge in [0.25, 0.3) is 0 Å². The molecule has 1 heterocycles. The average molecular weight is 294 g/mol. The van der Waals surface area contributed by atoms with E-state index in [0.29, 0.717) is 28.3 Å². The van der Waals surface area contributed by atoms with Crippen molar-refractivity contribution >= 4 is 17.5 Å². The topological polar surface area (TPSA) is 56.3 Å². The maximum atomic E-state index is 6.06. The summed E-state index contributed by atoms with van der Waals surface area (Å²) in [7, 11) is 1.58. The lowest BCUT2D eigenvalue weighted by Crippen LogP contribution is -2.05. The fraction of sp³-hybridized carbons (Fsp3) is 0.286. The van der Waals surface area contributed by atoms with Crippen LogP contribution in [0.4, 0.5) is 5.95 Å². The first kappa shape index (κ1) is 14.4. The van der Waals surface area contributed by atoms with Gasteiger partial charge >= 0.3 is 0 Å². The van der Waals surface area contributed by atoms with E-state index in [2.05, 4.69) is 22.2 Å². The summed E-state index contributed by atoms with van der Waals surface area (Å²) >= 11 is 6.06. The Bertz CT molecular complexity index is 578. The smallest absolute Gasteiger partial charge is 0.243 e. The average Bonchev–Trinajstić information content (AvgIpc) is 2.48. The molecule has 1 N–H and O–H groups in total. The zero-order valence-corrected chi connectivity index (χ0v) is 12.1. The minimum Gasteiger partial charge on any atom is -0.493 e. The van der Waals surface area contributed by atoms with E-state index in [1.807, 2.05) is 12.1 Å². The van der Waals surface area contributed by atoms with Gasteiger partial charge in [-0.15, -0.1) is 0 Å². The van der Waals surface area contributed by atoms with Crippen molar-refractivity contribution in [1.82, 2.24) is 9.97 Å². The SMILES string of the molecule is CCCNc1ncc(Cl)c(Oc2ccccc2OC)n1. The second kappa shape index (κ2) is 6.96. The Morgan fingerprint density at radius 3 is 2.70 bits per heavy atom. The lowest BCUT2D eigenvalue weighted by Gasteiger charge is -2.11. The third-order valence-electron chi connectivity index (χ3n) is 2.52. The summed E-state index contributed by atoms with van der Waals surface area (Å²) in [5.74, 6) is 1.95. The number of nitrogens with one attached hydrogen (secondary N) is 1. The Morgan fingerprint density at radius 2 is 2.00 bits per heavy atom. The maximum Gasteiger partial charge on any atom is 0.243 e. The standard InChI is InChI=1S/C14H16ClN3O2/c1-3-8-16-14-17-9-10(15)13(18-14)20-12-7-5-4-6-11(12)19-2/h4-7,9H,3,8H2,1-2H3,(H,16,17,18). The number of anilines is 1. The molecule has 20 heavy (non-hydrogen) atoms. The predicted octanol–water partition coefficient (Wildman–Crippen LogP) is 3.75. The number of rotatable bonds is 6. The van der Waals surface area contributed by atoms with E-state index in [-0.39, 0.29) is 0 Å². The Hall–Kier alpha value is -2.01. The predicted molar refractivity (Wildman–Crippen MR) is 78.9 cm³/mol. The van der Waals surface area contributed by atoms with Crippen LogP contribution in [0.15, 0.2) is 30.5 Å². The summed E-state index contributed by atoms with van der Waals surface area (Å²) in [5, 5.41) is 3.43. The summed E-state index contributed by atoms with van der Waals surface area (Å²) in [6.07, 6.45) is 2.49. The van der Waals surface area contributed by atoms with Crippen molar-refractivity contribution in [2.75, 3.05) is 19.0 Å². The van der Waals surface area contributed by atoms with Crippen molar-refractivity contribution in [1.29, 1.82) is 0 Å². The molecule has 0 aliphatic rings. The summed E-state index contributed by atoms with van der Waals surface area (Å²) in [4.78, 5) is 8.34. The molecule has 0 bridgehead atoms. The summed E-state index contributed by atoms with van der Waals surface area (Å²) in [6.45, 7) is 2.85. The number of methoxy groups -OCH3 is 1. The highest BCUT2D eigenvalue weighted by atomic mass is 35.5. The van der Waals surface area contributed by atoms with E-state index < -0.39 is 0 Å². The number of ether oxygens (including phenoxy) is 2. The van der Waals surface area contributed by atoms with Gasteiger partial charge in [-0.05, 0) is 18.6 Å². The van der Waals surface area contributed by atoms with E-state index in [1.54, 1.807) is 19.2 Å². The molecule has 2 aromatic rings. The molecule has 0 amide bonds. The summed E-state index contributed by atoms with van der Waals surface area (Å²) in [5.41, 5.74) is 0. The van der Waals surface area contributed by atoms with Gasteiger partial charge in [0.15, 0.2) is 11.5 Å². The molecular formula is C14H16ClN3O2. The van der Waals surface area contributed by atoms with Crippen LogP contribution >= 0.6 is 11.6 Å². The van der Waals surface area contributed by atoms with E-state index in [0.717, 1.165) is 13.0 Å². The fourth-order valence-corrected chi connectivity index (χ4v) is 1.68. The molecule has 0 unspecified atom stereocenters. The van der Waals surface area contributed by atoms with Crippen LogP contribution in [0.5, 0.6) is 17.4 Å². The Kier molecular flexibility index (Phi) is 5.01. The Labute approximate surface area is 122 Å². The first-order chi connectivity index (χ1) is 9.74. The Balaban J connectivity index is 2.23. The molecule has 2 rings (SSSR count). The highest BCUT2D eigenvalue weighted by Gasteiger charge is 2.10. The minimum atomic E-state index is 0.296. The molecule has 0 atom stereocenters. The van der Waals surface area contributed by atoms with Gasteiger partial charge in [-0.3, -0.25) is 0 Å². The number of halogens is 1. The van der Waals surface area contributed by atoms with Crippen molar-refractivity contribution in [2.45, 2.75) is 13.3 Å². The lowest BCUT2D eigenvalue weighted by molar-refractivity contribution is 0.374. The van der Waals surface area contributed by atoms with Gasteiger partial charge in [0.05, 0.1) is 13.3 Å². The normalized spacial score (nSPS) is 10.2. The number of para-hydroxylation sites is 2. The molecule has 0 spiro atoms. The van der Waals surface area contributed by atoms with E-state index in [4.69, 9.17) is 21.1 Å². The molecule has 106 valence electrons. The molecule has 0 saturated heterocycles. The third-order valence-corrected chi connectivity index (χ3v) is 2.78. The van der Waals surface area contributed by atoms with Crippen LogP contribution in [0.2, 0.25) is 5.02 Å². The summed E-state index contributed by atoms with van der Waals surface area (Å²) < 4.78 is 10.9. The minimum absolute atomic E-state index is 0.296. The lowest BCUT2D eigenvalue weighted by atomic mass is 10.3. The van der Waals surface area contributed by atoms with Crippen molar-refractivity contribution < 1.29 is 9.47 Å². The summed E-state index contributed by atoms with van der Waals surface area (Å²) in [6, 6.07) is 7.31. The van der Waals surface area contributed by atoms with Crippen LogP contribution in [0.25, 0.3) is 0 Å². The molecule has 5 nitrogen and oxygen atoms in total. The fourth-order valence-electron chi connectivity index (χ4n) is 1.55. The highest BCUT2D eigenvalue weighted by molar-refractivity contribution is 6.31. The van der Waals surface area contributed by atoms with Gasteiger partial charge in [-0.1, -0.05) is 30.7 Å². The molecular weight excluding hydrogens is 278 g/mol. The molecule has 0 fully saturated rings. The van der Waals surface area contributed by atoms with Gasteiger partial charge in [-0.25, -0.2) is 4.98 Å². The van der Waals surface area contributed by atoms with E-state index in [9.17, 15) is 0 Å². The van der Waals surface area contributed by atoms with E-state index in [1.165, 1.54) is 6.20 Å². The van der Waals surface area contributed by atoms with Gasteiger partial charge in [0, 0.05) is 6.54 Å². The van der Waals surface area contributed by atoms with E-state index >= 15 is 0 Å². The largest absolute Gasteiger partial charge is 0.493 e. The maximum absolute atomic E-state index is 6.06. The van der Waals surface area contributed by atoms with Gasteiger partial charge < -0.3 is 14.8 Å².